The highest BCUT2D eigenvalue weighted by molar-refractivity contribution is 7.09. The summed E-state index contributed by atoms with van der Waals surface area (Å²) in [6, 6.07) is 13.2. The van der Waals surface area contributed by atoms with Gasteiger partial charge in [0.05, 0.1) is 5.52 Å². The number of pyridine rings is 1. The highest BCUT2D eigenvalue weighted by Gasteiger charge is 2.13. The lowest BCUT2D eigenvalue weighted by Gasteiger charge is -2.01. The Balaban J connectivity index is 1.55. The Morgan fingerprint density at radius 1 is 1.21 bits per heavy atom. The van der Waals surface area contributed by atoms with Gasteiger partial charge in [0.2, 0.25) is 5.71 Å². The van der Waals surface area contributed by atoms with Crippen LogP contribution in [-0.4, -0.2) is 17.4 Å². The molecule has 3 heterocycles. The molecule has 0 radical (unpaired) electrons. The van der Waals surface area contributed by atoms with E-state index in [4.69, 9.17) is 16.0 Å². The van der Waals surface area contributed by atoms with Crippen LogP contribution in [0.25, 0.3) is 22.0 Å². The summed E-state index contributed by atoms with van der Waals surface area (Å²) in [5, 5.41) is 7.27. The molecule has 4 aromatic rings. The van der Waals surface area contributed by atoms with E-state index in [2.05, 4.69) is 16.4 Å². The number of rotatable bonds is 4. The van der Waals surface area contributed by atoms with Crippen molar-refractivity contribution in [1.82, 2.24) is 10.3 Å². The van der Waals surface area contributed by atoms with Crippen LogP contribution in [0.1, 0.15) is 15.4 Å². The fraction of sp³-hybridized carbons (Fsp3) is 0.111. The molecule has 4 rings (SSSR count). The van der Waals surface area contributed by atoms with E-state index in [0.717, 1.165) is 22.7 Å². The number of hydrogen-bond donors (Lipinski definition) is 1. The van der Waals surface area contributed by atoms with Gasteiger partial charge in [-0.1, -0.05) is 23.7 Å². The monoisotopic (exact) mass is 356 g/mol. The van der Waals surface area contributed by atoms with E-state index in [0.29, 0.717) is 17.3 Å². The van der Waals surface area contributed by atoms with Crippen molar-refractivity contribution in [3.05, 3.63) is 63.5 Å². The predicted octanol–water partition coefficient (Wildman–Crippen LogP) is 4.67. The number of amides is 1. The lowest BCUT2D eigenvalue weighted by molar-refractivity contribution is 0.0928. The summed E-state index contributed by atoms with van der Waals surface area (Å²) in [6.45, 7) is 0.571. The summed E-state index contributed by atoms with van der Waals surface area (Å²) >= 11 is 7.67. The molecule has 1 N–H and O–H groups in total. The number of furan rings is 1. The molecule has 6 heteroatoms. The summed E-state index contributed by atoms with van der Waals surface area (Å²) in [5.74, 6) is 0.0386. The topological polar surface area (TPSA) is 55.1 Å². The highest BCUT2D eigenvalue weighted by Crippen LogP contribution is 2.24. The summed E-state index contributed by atoms with van der Waals surface area (Å²) in [5.41, 5.74) is 1.18. The molecule has 0 fully saturated rings. The van der Waals surface area contributed by atoms with Crippen molar-refractivity contribution in [3.8, 4) is 0 Å². The zero-order chi connectivity index (χ0) is 16.5. The third kappa shape index (κ3) is 3.00. The molecular formula is C18H13ClN2O2S. The second-order valence-corrected chi connectivity index (χ2v) is 6.88. The van der Waals surface area contributed by atoms with Crippen molar-refractivity contribution in [2.75, 3.05) is 6.54 Å². The van der Waals surface area contributed by atoms with Gasteiger partial charge >= 0.3 is 0 Å². The standard InChI is InChI=1S/C18H13ClN2O2S/c19-13-4-3-11-8-12-9-16(23-18(12)21-15(11)10-13)17(22)20-6-5-14-2-1-7-24-14/h1-4,7-10H,5-6H2,(H,20,22). The molecular weight excluding hydrogens is 344 g/mol. The van der Waals surface area contributed by atoms with Crippen molar-refractivity contribution < 1.29 is 9.21 Å². The van der Waals surface area contributed by atoms with E-state index < -0.39 is 0 Å². The minimum atomic E-state index is -0.230. The minimum Gasteiger partial charge on any atom is -0.433 e. The number of aromatic nitrogens is 1. The average Bonchev–Trinajstić information content (AvgIpc) is 3.21. The number of nitrogens with one attached hydrogen (secondary N) is 1. The van der Waals surface area contributed by atoms with Gasteiger partial charge in [-0.25, -0.2) is 4.98 Å². The smallest absolute Gasteiger partial charge is 0.287 e. The number of thiophene rings is 1. The molecule has 24 heavy (non-hydrogen) atoms. The molecule has 0 aliphatic heterocycles. The Morgan fingerprint density at radius 3 is 2.96 bits per heavy atom. The van der Waals surface area contributed by atoms with E-state index in [9.17, 15) is 4.79 Å². The molecule has 0 saturated heterocycles. The van der Waals surface area contributed by atoms with Crippen molar-refractivity contribution in [2.24, 2.45) is 0 Å². The van der Waals surface area contributed by atoms with Crippen molar-refractivity contribution in [2.45, 2.75) is 6.42 Å². The molecule has 1 amide bonds. The largest absolute Gasteiger partial charge is 0.433 e. The molecule has 0 saturated carbocycles. The first kappa shape index (κ1) is 15.2. The van der Waals surface area contributed by atoms with Gasteiger partial charge in [0, 0.05) is 27.2 Å². The van der Waals surface area contributed by atoms with E-state index in [1.54, 1.807) is 23.5 Å². The van der Waals surface area contributed by atoms with Gasteiger partial charge in [0.25, 0.3) is 5.91 Å². The van der Waals surface area contributed by atoms with Gasteiger partial charge in [0.1, 0.15) is 0 Å². The van der Waals surface area contributed by atoms with E-state index in [1.807, 2.05) is 29.6 Å². The van der Waals surface area contributed by atoms with Gasteiger partial charge in [-0.05, 0) is 42.1 Å². The van der Waals surface area contributed by atoms with Gasteiger partial charge in [0.15, 0.2) is 5.76 Å². The molecule has 3 aromatic heterocycles. The second-order valence-electron chi connectivity index (χ2n) is 5.42. The molecule has 0 aliphatic carbocycles. The van der Waals surface area contributed by atoms with Crippen LogP contribution < -0.4 is 5.32 Å². The van der Waals surface area contributed by atoms with E-state index in [-0.39, 0.29) is 11.7 Å². The minimum absolute atomic E-state index is 0.230. The van der Waals surface area contributed by atoms with E-state index >= 15 is 0 Å². The lowest BCUT2D eigenvalue weighted by atomic mass is 10.2. The van der Waals surface area contributed by atoms with Crippen LogP contribution in [0, 0.1) is 0 Å². The average molecular weight is 357 g/mol. The van der Waals surface area contributed by atoms with Crippen molar-refractivity contribution in [3.63, 3.8) is 0 Å². The van der Waals surface area contributed by atoms with Crippen LogP contribution in [0.5, 0.6) is 0 Å². The lowest BCUT2D eigenvalue weighted by Crippen LogP contribution is -2.24. The van der Waals surface area contributed by atoms with Gasteiger partial charge in [-0.3, -0.25) is 4.79 Å². The summed E-state index contributed by atoms with van der Waals surface area (Å²) < 4.78 is 5.60. The normalized spacial score (nSPS) is 11.2. The van der Waals surface area contributed by atoms with Crippen molar-refractivity contribution in [1.29, 1.82) is 0 Å². The first-order chi connectivity index (χ1) is 11.7. The zero-order valence-corrected chi connectivity index (χ0v) is 14.2. The fourth-order valence-corrected chi connectivity index (χ4v) is 3.43. The van der Waals surface area contributed by atoms with Gasteiger partial charge < -0.3 is 9.73 Å². The predicted molar refractivity (Wildman–Crippen MR) is 96.9 cm³/mol. The molecule has 0 unspecified atom stereocenters. The van der Waals surface area contributed by atoms with Crippen molar-refractivity contribution >= 4 is 50.8 Å². The summed E-state index contributed by atoms with van der Waals surface area (Å²) in [4.78, 5) is 17.9. The quantitative estimate of drug-likeness (QED) is 0.578. The number of nitrogens with zero attached hydrogens (tertiary/aromatic N) is 1. The summed E-state index contributed by atoms with van der Waals surface area (Å²) in [6.07, 6.45) is 0.810. The maximum absolute atomic E-state index is 12.2. The second kappa shape index (κ2) is 6.26. The third-order valence-electron chi connectivity index (χ3n) is 3.73. The Bertz CT molecular complexity index is 1020. The SMILES string of the molecule is O=C(NCCc1cccs1)c1cc2cc3ccc(Cl)cc3nc2o1. The van der Waals surface area contributed by atoms with Crippen LogP contribution in [-0.2, 0) is 6.42 Å². The fourth-order valence-electron chi connectivity index (χ4n) is 2.55. The molecule has 0 spiro atoms. The van der Waals surface area contributed by atoms with E-state index in [1.165, 1.54) is 4.88 Å². The maximum atomic E-state index is 12.2. The number of benzene rings is 1. The molecule has 0 atom stereocenters. The number of hydrogen-bond acceptors (Lipinski definition) is 4. The van der Waals surface area contributed by atoms with Crippen LogP contribution in [0.15, 0.2) is 52.3 Å². The van der Waals surface area contributed by atoms with Gasteiger partial charge in [-0.2, -0.15) is 0 Å². The van der Waals surface area contributed by atoms with Crippen LogP contribution >= 0.6 is 22.9 Å². The maximum Gasteiger partial charge on any atom is 0.287 e. The Morgan fingerprint density at radius 2 is 2.12 bits per heavy atom. The number of carbonyl (C=O) groups is 1. The van der Waals surface area contributed by atoms with Crippen LogP contribution in [0.3, 0.4) is 0 Å². The Kier molecular flexibility index (Phi) is 3.96. The Hall–Kier alpha value is -2.37. The highest BCUT2D eigenvalue weighted by atomic mass is 35.5. The first-order valence-electron chi connectivity index (χ1n) is 7.49. The molecule has 120 valence electrons. The first-order valence-corrected chi connectivity index (χ1v) is 8.75. The molecule has 0 aliphatic rings. The third-order valence-corrected chi connectivity index (χ3v) is 4.90. The number of fused-ring (bicyclic) bond motifs is 2. The summed E-state index contributed by atoms with van der Waals surface area (Å²) in [7, 11) is 0. The molecule has 1 aromatic carbocycles. The van der Waals surface area contributed by atoms with Gasteiger partial charge in [-0.15, -0.1) is 11.3 Å². The molecule has 0 bridgehead atoms. The molecule has 4 nitrogen and oxygen atoms in total. The van der Waals surface area contributed by atoms with Crippen LogP contribution in [0.4, 0.5) is 0 Å². The number of halogens is 1. The zero-order valence-electron chi connectivity index (χ0n) is 12.6. The Labute approximate surface area is 147 Å². The number of carbonyl (C=O) groups excluding carboxylic acids is 1. The van der Waals surface area contributed by atoms with Crippen LogP contribution in [0.2, 0.25) is 5.02 Å².